The summed E-state index contributed by atoms with van der Waals surface area (Å²) >= 11 is 0. The van der Waals surface area contributed by atoms with Gasteiger partial charge in [-0.1, -0.05) is 12.8 Å². The molecule has 26 heavy (non-hydrogen) atoms. The minimum Gasteiger partial charge on any atom is -0.383 e. The van der Waals surface area contributed by atoms with Gasteiger partial charge in [-0.05, 0) is 63.7 Å². The Morgan fingerprint density at radius 2 is 1.88 bits per heavy atom. The van der Waals surface area contributed by atoms with Gasteiger partial charge in [0, 0.05) is 35.4 Å². The lowest BCUT2D eigenvalue weighted by Gasteiger charge is -2.36. The van der Waals surface area contributed by atoms with Crippen molar-refractivity contribution in [3.8, 4) is 0 Å². The van der Waals surface area contributed by atoms with Gasteiger partial charge in [-0.2, -0.15) is 4.98 Å². The van der Waals surface area contributed by atoms with E-state index in [-0.39, 0.29) is 0 Å². The van der Waals surface area contributed by atoms with Crippen LogP contribution in [-0.4, -0.2) is 39.0 Å². The Morgan fingerprint density at radius 1 is 1.12 bits per heavy atom. The Morgan fingerprint density at radius 3 is 2.58 bits per heavy atom. The van der Waals surface area contributed by atoms with Gasteiger partial charge < -0.3 is 16.0 Å². The van der Waals surface area contributed by atoms with Crippen molar-refractivity contribution in [2.45, 2.75) is 57.4 Å². The van der Waals surface area contributed by atoms with E-state index in [1.165, 1.54) is 38.8 Å². The summed E-state index contributed by atoms with van der Waals surface area (Å²) in [5, 5.41) is 3.21. The second kappa shape index (κ2) is 7.58. The van der Waals surface area contributed by atoms with Crippen LogP contribution in [0.3, 0.4) is 0 Å². The predicted octanol–water partition coefficient (Wildman–Crippen LogP) is 3.63. The number of pyridine rings is 1. The van der Waals surface area contributed by atoms with E-state index in [9.17, 15) is 0 Å². The van der Waals surface area contributed by atoms with Crippen molar-refractivity contribution < 1.29 is 0 Å². The standard InChI is InChI=1S/C20H28N6/c1-14-12-16(6-9-22-14)24-20-23-13-18(19(21)25-20)15-7-10-26(11-8-15)17-4-2-3-5-17/h6,9,12-13,15,17H,2-5,7-8,10-11H2,1H3,(H3,21,22,23,24,25). The third-order valence-electron chi connectivity index (χ3n) is 5.81. The highest BCUT2D eigenvalue weighted by Crippen LogP contribution is 2.34. The van der Waals surface area contributed by atoms with Gasteiger partial charge in [0.05, 0.1) is 0 Å². The van der Waals surface area contributed by atoms with Gasteiger partial charge >= 0.3 is 0 Å². The average Bonchev–Trinajstić information content (AvgIpc) is 3.17. The Bertz CT molecular complexity index is 748. The van der Waals surface area contributed by atoms with Crippen molar-refractivity contribution in [1.29, 1.82) is 0 Å². The largest absolute Gasteiger partial charge is 0.383 e. The molecule has 1 aliphatic carbocycles. The zero-order chi connectivity index (χ0) is 17.9. The molecule has 6 nitrogen and oxygen atoms in total. The first-order chi connectivity index (χ1) is 12.7. The first-order valence-corrected chi connectivity index (χ1v) is 9.75. The summed E-state index contributed by atoms with van der Waals surface area (Å²) in [7, 11) is 0. The minimum absolute atomic E-state index is 0.477. The molecular weight excluding hydrogens is 324 g/mol. The molecule has 0 amide bonds. The van der Waals surface area contributed by atoms with Crippen LogP contribution in [0, 0.1) is 6.92 Å². The molecule has 2 aliphatic rings. The number of nitrogen functional groups attached to an aromatic ring is 1. The van der Waals surface area contributed by atoms with E-state index in [0.29, 0.717) is 17.7 Å². The number of rotatable bonds is 4. The molecule has 0 aromatic carbocycles. The maximum Gasteiger partial charge on any atom is 0.229 e. The topological polar surface area (TPSA) is 80.0 Å². The van der Waals surface area contributed by atoms with E-state index in [1.807, 2.05) is 25.3 Å². The molecule has 6 heteroatoms. The molecule has 1 saturated carbocycles. The fourth-order valence-electron chi connectivity index (χ4n) is 4.38. The molecule has 1 saturated heterocycles. The van der Waals surface area contributed by atoms with Gasteiger partial charge in [0.25, 0.3) is 0 Å². The van der Waals surface area contributed by atoms with Crippen molar-refractivity contribution in [2.24, 2.45) is 0 Å². The molecule has 3 heterocycles. The monoisotopic (exact) mass is 352 g/mol. The number of aryl methyl sites for hydroxylation is 1. The maximum atomic E-state index is 6.28. The van der Waals surface area contributed by atoms with E-state index < -0.39 is 0 Å². The zero-order valence-electron chi connectivity index (χ0n) is 15.5. The number of nitrogens with one attached hydrogen (secondary N) is 1. The van der Waals surface area contributed by atoms with Crippen molar-refractivity contribution >= 4 is 17.5 Å². The van der Waals surface area contributed by atoms with Gasteiger partial charge in [0.1, 0.15) is 5.82 Å². The lowest BCUT2D eigenvalue weighted by Crippen LogP contribution is -2.39. The van der Waals surface area contributed by atoms with Gasteiger partial charge in [-0.15, -0.1) is 0 Å². The number of nitrogens with zero attached hydrogens (tertiary/aromatic N) is 4. The molecule has 0 unspecified atom stereocenters. The molecule has 4 rings (SSSR count). The van der Waals surface area contributed by atoms with E-state index >= 15 is 0 Å². The van der Waals surface area contributed by atoms with Crippen LogP contribution in [0.1, 0.15) is 55.7 Å². The minimum atomic E-state index is 0.477. The summed E-state index contributed by atoms with van der Waals surface area (Å²) in [5.41, 5.74) is 9.26. The Balaban J connectivity index is 1.40. The van der Waals surface area contributed by atoms with Crippen LogP contribution >= 0.6 is 0 Å². The number of aromatic nitrogens is 3. The first-order valence-electron chi connectivity index (χ1n) is 9.75. The molecule has 2 aromatic rings. The molecule has 0 atom stereocenters. The molecule has 138 valence electrons. The fourth-order valence-corrected chi connectivity index (χ4v) is 4.38. The zero-order valence-corrected chi connectivity index (χ0v) is 15.5. The fraction of sp³-hybridized carbons (Fsp3) is 0.550. The van der Waals surface area contributed by atoms with E-state index in [2.05, 4.69) is 25.2 Å². The van der Waals surface area contributed by atoms with Crippen LogP contribution in [-0.2, 0) is 0 Å². The van der Waals surface area contributed by atoms with Gasteiger partial charge in [-0.25, -0.2) is 4.98 Å². The number of nitrogens with two attached hydrogens (primary N) is 1. The summed E-state index contributed by atoms with van der Waals surface area (Å²) in [6, 6.07) is 4.69. The first kappa shape index (κ1) is 17.2. The van der Waals surface area contributed by atoms with Crippen molar-refractivity contribution in [3.63, 3.8) is 0 Å². The van der Waals surface area contributed by atoms with Gasteiger partial charge in [0.15, 0.2) is 0 Å². The summed E-state index contributed by atoms with van der Waals surface area (Å²) in [6.45, 7) is 4.30. The summed E-state index contributed by atoms with van der Waals surface area (Å²) < 4.78 is 0. The SMILES string of the molecule is Cc1cc(Nc2ncc(C3CCN(C4CCCC4)CC3)c(N)n2)ccn1. The number of hydrogen-bond donors (Lipinski definition) is 2. The smallest absolute Gasteiger partial charge is 0.229 e. The molecule has 2 aromatic heterocycles. The van der Waals surface area contributed by atoms with Crippen molar-refractivity contribution in [3.05, 3.63) is 35.8 Å². The van der Waals surface area contributed by atoms with Gasteiger partial charge in [0.2, 0.25) is 5.95 Å². The molecule has 0 spiro atoms. The van der Waals surface area contributed by atoms with Crippen LogP contribution in [0.5, 0.6) is 0 Å². The maximum absolute atomic E-state index is 6.28. The quantitative estimate of drug-likeness (QED) is 0.875. The predicted molar refractivity (Wildman–Crippen MR) is 105 cm³/mol. The number of piperidine rings is 1. The van der Waals surface area contributed by atoms with Crippen molar-refractivity contribution in [2.75, 3.05) is 24.1 Å². The molecule has 3 N–H and O–H groups in total. The van der Waals surface area contributed by atoms with Crippen LogP contribution in [0.25, 0.3) is 0 Å². The van der Waals surface area contributed by atoms with E-state index in [0.717, 1.165) is 35.8 Å². The highest BCUT2D eigenvalue weighted by atomic mass is 15.2. The second-order valence-electron chi connectivity index (χ2n) is 7.59. The van der Waals surface area contributed by atoms with E-state index in [1.54, 1.807) is 6.20 Å². The molecule has 0 radical (unpaired) electrons. The van der Waals surface area contributed by atoms with Crippen LogP contribution in [0.4, 0.5) is 17.5 Å². The molecule has 0 bridgehead atoms. The van der Waals surface area contributed by atoms with Gasteiger partial charge in [-0.3, -0.25) is 4.98 Å². The lowest BCUT2D eigenvalue weighted by atomic mass is 9.89. The number of likely N-dealkylation sites (tertiary alicyclic amines) is 1. The van der Waals surface area contributed by atoms with Crippen molar-refractivity contribution in [1.82, 2.24) is 19.9 Å². The highest BCUT2D eigenvalue weighted by Gasteiger charge is 2.28. The molecule has 1 aliphatic heterocycles. The number of anilines is 3. The highest BCUT2D eigenvalue weighted by molar-refractivity contribution is 5.55. The average molecular weight is 352 g/mol. The summed E-state index contributed by atoms with van der Waals surface area (Å²) in [5.74, 6) is 1.62. The third-order valence-corrected chi connectivity index (χ3v) is 5.81. The lowest BCUT2D eigenvalue weighted by molar-refractivity contribution is 0.154. The molecular formula is C20H28N6. The van der Waals surface area contributed by atoms with Crippen LogP contribution in [0.2, 0.25) is 0 Å². The van der Waals surface area contributed by atoms with Crippen LogP contribution in [0.15, 0.2) is 24.5 Å². The normalized spacial score (nSPS) is 19.7. The van der Waals surface area contributed by atoms with Crippen LogP contribution < -0.4 is 11.1 Å². The Hall–Kier alpha value is -2.21. The number of hydrogen-bond acceptors (Lipinski definition) is 6. The second-order valence-corrected chi connectivity index (χ2v) is 7.59. The third kappa shape index (κ3) is 3.80. The van der Waals surface area contributed by atoms with E-state index in [4.69, 9.17) is 5.73 Å². The molecule has 2 fully saturated rings. The summed E-state index contributed by atoms with van der Waals surface area (Å²) in [6.07, 6.45) is 11.5. The Kier molecular flexibility index (Phi) is 5.02. The Labute approximate surface area is 155 Å². The summed E-state index contributed by atoms with van der Waals surface area (Å²) in [4.78, 5) is 15.9.